The summed E-state index contributed by atoms with van der Waals surface area (Å²) in [5, 5.41) is 5.71. The number of aromatic nitrogens is 2. The molecule has 0 atom stereocenters. The standard InChI is InChI=1S/C22H24N4O4/c1-15(27)23-10-4-7-21-25-17-5-2-3-6-18(17)26(21)14-22(28)24-16-8-9-19-20(13-16)30-12-11-29-19/h2-3,5-6,8-9,13H,4,7,10-12,14H2,1H3,(H,23,27)(H,24,28). The summed E-state index contributed by atoms with van der Waals surface area (Å²) in [6, 6.07) is 13.1. The quantitative estimate of drug-likeness (QED) is 0.586. The van der Waals surface area contributed by atoms with Crippen LogP contribution in [0, 0.1) is 0 Å². The molecule has 2 heterocycles. The van der Waals surface area contributed by atoms with E-state index in [1.54, 1.807) is 18.2 Å². The van der Waals surface area contributed by atoms with Crippen molar-refractivity contribution in [3.63, 3.8) is 0 Å². The monoisotopic (exact) mass is 408 g/mol. The average Bonchev–Trinajstić information content (AvgIpc) is 3.08. The molecule has 8 heteroatoms. The van der Waals surface area contributed by atoms with Gasteiger partial charge >= 0.3 is 0 Å². The highest BCUT2D eigenvalue weighted by Crippen LogP contribution is 2.32. The lowest BCUT2D eigenvalue weighted by Crippen LogP contribution is -2.23. The normalized spacial score (nSPS) is 12.6. The number of para-hydroxylation sites is 2. The van der Waals surface area contributed by atoms with Crippen molar-refractivity contribution in [3.8, 4) is 11.5 Å². The van der Waals surface area contributed by atoms with Crippen molar-refractivity contribution in [2.75, 3.05) is 25.1 Å². The summed E-state index contributed by atoms with van der Waals surface area (Å²) in [6.45, 7) is 3.23. The van der Waals surface area contributed by atoms with E-state index in [1.807, 2.05) is 28.8 Å². The zero-order chi connectivity index (χ0) is 20.9. The Morgan fingerprint density at radius 3 is 2.73 bits per heavy atom. The third-order valence-electron chi connectivity index (χ3n) is 4.81. The van der Waals surface area contributed by atoms with Gasteiger partial charge < -0.3 is 24.7 Å². The molecule has 0 saturated carbocycles. The van der Waals surface area contributed by atoms with E-state index in [-0.39, 0.29) is 18.4 Å². The van der Waals surface area contributed by atoms with Crippen LogP contribution in [-0.2, 0) is 22.6 Å². The smallest absolute Gasteiger partial charge is 0.244 e. The molecule has 0 bridgehead atoms. The number of amides is 2. The van der Waals surface area contributed by atoms with Crippen molar-refractivity contribution in [1.82, 2.24) is 14.9 Å². The van der Waals surface area contributed by atoms with Gasteiger partial charge in [0.05, 0.1) is 11.0 Å². The summed E-state index contributed by atoms with van der Waals surface area (Å²) in [5.41, 5.74) is 2.41. The Balaban J connectivity index is 1.48. The van der Waals surface area contributed by atoms with Crippen molar-refractivity contribution in [2.24, 2.45) is 0 Å². The SMILES string of the molecule is CC(=O)NCCCc1nc2ccccc2n1CC(=O)Nc1ccc2c(c1)OCCO2. The first-order chi connectivity index (χ1) is 14.6. The highest BCUT2D eigenvalue weighted by Gasteiger charge is 2.16. The topological polar surface area (TPSA) is 94.5 Å². The average molecular weight is 408 g/mol. The van der Waals surface area contributed by atoms with Gasteiger partial charge in [-0.05, 0) is 30.7 Å². The van der Waals surface area contributed by atoms with Gasteiger partial charge in [0, 0.05) is 31.6 Å². The maximum atomic E-state index is 12.8. The van der Waals surface area contributed by atoms with Gasteiger partial charge in [-0.2, -0.15) is 0 Å². The molecule has 8 nitrogen and oxygen atoms in total. The van der Waals surface area contributed by atoms with Crippen LogP contribution in [0.15, 0.2) is 42.5 Å². The Labute approximate surface area is 174 Å². The number of aryl methyl sites for hydroxylation is 1. The van der Waals surface area contributed by atoms with Crippen LogP contribution >= 0.6 is 0 Å². The molecule has 2 amide bonds. The van der Waals surface area contributed by atoms with Crippen LogP contribution in [0.25, 0.3) is 11.0 Å². The van der Waals surface area contributed by atoms with Crippen LogP contribution in [0.4, 0.5) is 5.69 Å². The number of fused-ring (bicyclic) bond motifs is 2. The lowest BCUT2D eigenvalue weighted by Gasteiger charge is -2.19. The Kier molecular flexibility index (Phi) is 5.83. The molecule has 1 aromatic heterocycles. The number of nitrogens with one attached hydrogen (secondary N) is 2. The Bertz CT molecular complexity index is 1080. The van der Waals surface area contributed by atoms with Gasteiger partial charge in [-0.3, -0.25) is 9.59 Å². The van der Waals surface area contributed by atoms with E-state index < -0.39 is 0 Å². The molecule has 1 aliphatic heterocycles. The maximum absolute atomic E-state index is 12.8. The van der Waals surface area contributed by atoms with E-state index in [1.165, 1.54) is 6.92 Å². The van der Waals surface area contributed by atoms with Crippen LogP contribution < -0.4 is 20.1 Å². The number of hydrogen-bond acceptors (Lipinski definition) is 5. The fraction of sp³-hybridized carbons (Fsp3) is 0.318. The van der Waals surface area contributed by atoms with Crippen LogP contribution in [0.3, 0.4) is 0 Å². The zero-order valence-electron chi connectivity index (χ0n) is 16.8. The van der Waals surface area contributed by atoms with E-state index in [0.717, 1.165) is 23.3 Å². The van der Waals surface area contributed by atoms with E-state index in [2.05, 4.69) is 15.6 Å². The fourth-order valence-corrected chi connectivity index (χ4v) is 3.47. The summed E-state index contributed by atoms with van der Waals surface area (Å²) in [5.74, 6) is 1.92. The minimum atomic E-state index is -0.155. The molecule has 3 aromatic rings. The molecule has 156 valence electrons. The molecule has 0 unspecified atom stereocenters. The summed E-state index contributed by atoms with van der Waals surface area (Å²) in [6.07, 6.45) is 1.40. The van der Waals surface area contributed by atoms with Crippen LogP contribution in [0.2, 0.25) is 0 Å². The third-order valence-corrected chi connectivity index (χ3v) is 4.81. The molecular weight excluding hydrogens is 384 g/mol. The molecule has 1 aliphatic rings. The lowest BCUT2D eigenvalue weighted by atomic mass is 10.2. The minimum absolute atomic E-state index is 0.0534. The number of benzene rings is 2. The van der Waals surface area contributed by atoms with Crippen molar-refractivity contribution in [1.29, 1.82) is 0 Å². The van der Waals surface area contributed by atoms with E-state index in [4.69, 9.17) is 9.47 Å². The molecular formula is C22H24N4O4. The van der Waals surface area contributed by atoms with E-state index in [9.17, 15) is 9.59 Å². The van der Waals surface area contributed by atoms with Crippen LogP contribution in [0.1, 0.15) is 19.2 Å². The first-order valence-corrected chi connectivity index (χ1v) is 9.98. The maximum Gasteiger partial charge on any atom is 0.244 e. The molecule has 0 radical (unpaired) electrons. The predicted molar refractivity (Wildman–Crippen MR) is 113 cm³/mol. The second-order valence-corrected chi connectivity index (χ2v) is 7.10. The number of nitrogens with zero attached hydrogens (tertiary/aromatic N) is 2. The van der Waals surface area contributed by atoms with Crippen LogP contribution in [-0.4, -0.2) is 41.1 Å². The van der Waals surface area contributed by atoms with Crippen molar-refractivity contribution in [2.45, 2.75) is 26.3 Å². The first kappa shape index (κ1) is 19.8. The van der Waals surface area contributed by atoms with Gasteiger partial charge in [0.1, 0.15) is 25.6 Å². The lowest BCUT2D eigenvalue weighted by molar-refractivity contribution is -0.119. The molecule has 0 saturated heterocycles. The number of ether oxygens (including phenoxy) is 2. The second kappa shape index (κ2) is 8.86. The number of anilines is 1. The highest BCUT2D eigenvalue weighted by molar-refractivity contribution is 5.92. The molecule has 2 aromatic carbocycles. The number of hydrogen-bond donors (Lipinski definition) is 2. The number of carbonyl (C=O) groups excluding carboxylic acids is 2. The van der Waals surface area contributed by atoms with Gasteiger partial charge in [0.2, 0.25) is 11.8 Å². The Hall–Kier alpha value is -3.55. The van der Waals surface area contributed by atoms with Crippen molar-refractivity contribution in [3.05, 3.63) is 48.3 Å². The highest BCUT2D eigenvalue weighted by atomic mass is 16.6. The molecule has 4 rings (SSSR count). The summed E-state index contributed by atoms with van der Waals surface area (Å²) >= 11 is 0. The van der Waals surface area contributed by atoms with Crippen molar-refractivity contribution >= 4 is 28.5 Å². The predicted octanol–water partition coefficient (Wildman–Crippen LogP) is 2.51. The van der Waals surface area contributed by atoms with Crippen LogP contribution in [0.5, 0.6) is 11.5 Å². The van der Waals surface area contributed by atoms with Gasteiger partial charge in [-0.1, -0.05) is 12.1 Å². The first-order valence-electron chi connectivity index (χ1n) is 9.98. The fourth-order valence-electron chi connectivity index (χ4n) is 3.47. The number of carbonyl (C=O) groups is 2. The zero-order valence-corrected chi connectivity index (χ0v) is 16.8. The summed E-state index contributed by atoms with van der Waals surface area (Å²) in [4.78, 5) is 28.5. The van der Waals surface area contributed by atoms with E-state index in [0.29, 0.717) is 43.4 Å². The largest absolute Gasteiger partial charge is 0.486 e. The Morgan fingerprint density at radius 2 is 1.90 bits per heavy atom. The second-order valence-electron chi connectivity index (χ2n) is 7.10. The van der Waals surface area contributed by atoms with Gasteiger partial charge in [0.25, 0.3) is 0 Å². The number of imidazole rings is 1. The van der Waals surface area contributed by atoms with E-state index >= 15 is 0 Å². The number of rotatable bonds is 7. The molecule has 0 spiro atoms. The molecule has 30 heavy (non-hydrogen) atoms. The minimum Gasteiger partial charge on any atom is -0.486 e. The van der Waals surface area contributed by atoms with Crippen molar-refractivity contribution < 1.29 is 19.1 Å². The summed E-state index contributed by atoms with van der Waals surface area (Å²) in [7, 11) is 0. The molecule has 0 aliphatic carbocycles. The molecule has 2 N–H and O–H groups in total. The molecule has 0 fully saturated rings. The van der Waals surface area contributed by atoms with Gasteiger partial charge in [0.15, 0.2) is 11.5 Å². The van der Waals surface area contributed by atoms with Gasteiger partial charge in [-0.15, -0.1) is 0 Å². The van der Waals surface area contributed by atoms with Gasteiger partial charge in [-0.25, -0.2) is 4.98 Å². The Morgan fingerprint density at radius 1 is 1.10 bits per heavy atom. The third kappa shape index (κ3) is 4.53. The summed E-state index contributed by atoms with van der Waals surface area (Å²) < 4.78 is 13.0.